The van der Waals surface area contributed by atoms with E-state index in [-0.39, 0.29) is 11.4 Å². The van der Waals surface area contributed by atoms with Gasteiger partial charge in [0.1, 0.15) is 5.04 Å². The van der Waals surface area contributed by atoms with Crippen LogP contribution in [0.1, 0.15) is 10.4 Å². The zero-order valence-electron chi connectivity index (χ0n) is 16.8. The van der Waals surface area contributed by atoms with Gasteiger partial charge in [-0.2, -0.15) is 15.1 Å². The summed E-state index contributed by atoms with van der Waals surface area (Å²) in [5.41, 5.74) is 1.16. The van der Waals surface area contributed by atoms with Gasteiger partial charge in [-0.05, 0) is 62.5 Å². The summed E-state index contributed by atoms with van der Waals surface area (Å²) in [4.78, 5) is 18.4. The van der Waals surface area contributed by atoms with E-state index in [1.54, 1.807) is 17.4 Å². The highest BCUT2D eigenvalue weighted by molar-refractivity contribution is 8.27. The number of benzene rings is 3. The van der Waals surface area contributed by atoms with Crippen molar-refractivity contribution >= 4 is 72.7 Å². The normalized spacial score (nSPS) is 17.2. The second-order valence-electron chi connectivity index (χ2n) is 7.50. The van der Waals surface area contributed by atoms with Crippen LogP contribution in [0.3, 0.4) is 0 Å². The van der Waals surface area contributed by atoms with Crippen molar-refractivity contribution in [3.8, 4) is 0 Å². The van der Waals surface area contributed by atoms with Crippen LogP contribution in [0.2, 0.25) is 0 Å². The summed E-state index contributed by atoms with van der Waals surface area (Å²) in [6, 6.07) is 22.4. The number of carbonyl (C=O) groups excluding carboxylic acids is 1. The smallest absolute Gasteiger partial charge is 0.282 e. The molecule has 0 bridgehead atoms. The number of hydrogen-bond acceptors (Lipinski definition) is 5. The first kappa shape index (κ1) is 19.2. The Morgan fingerprint density at radius 1 is 0.969 bits per heavy atom. The van der Waals surface area contributed by atoms with Crippen molar-refractivity contribution in [1.82, 2.24) is 5.01 Å². The summed E-state index contributed by atoms with van der Waals surface area (Å²) in [6.07, 6.45) is 2.47. The van der Waals surface area contributed by atoms with Crippen molar-refractivity contribution in [3.63, 3.8) is 0 Å². The standard InChI is InChI=1S/C25H16N4OS2/c26-23-21(24(30)27-25-29(23)28-22(32-25)13-17-8-5-11-31-17)14-20-18-9-3-1-6-15(18)12-16-7-2-4-10-19(16)20/h1-12,14,26H,13H2. The first-order valence-electron chi connectivity index (χ1n) is 10.1. The van der Waals surface area contributed by atoms with Gasteiger partial charge in [-0.1, -0.05) is 54.6 Å². The Morgan fingerprint density at radius 2 is 1.69 bits per heavy atom. The van der Waals surface area contributed by atoms with Crippen LogP contribution in [-0.4, -0.2) is 27.0 Å². The molecule has 3 aromatic carbocycles. The van der Waals surface area contributed by atoms with E-state index in [0.717, 1.165) is 32.2 Å². The highest BCUT2D eigenvalue weighted by atomic mass is 32.2. The van der Waals surface area contributed by atoms with Crippen LogP contribution in [0.4, 0.5) is 0 Å². The van der Waals surface area contributed by atoms with Crippen LogP contribution in [0, 0.1) is 5.41 Å². The molecule has 2 aliphatic rings. The number of aliphatic imine (C=N–C) groups is 1. The number of thiophene rings is 1. The number of fused-ring (bicyclic) bond motifs is 3. The van der Waals surface area contributed by atoms with Gasteiger partial charge < -0.3 is 0 Å². The lowest BCUT2D eigenvalue weighted by molar-refractivity contribution is -0.114. The van der Waals surface area contributed by atoms with Crippen molar-refractivity contribution in [2.75, 3.05) is 0 Å². The van der Waals surface area contributed by atoms with Gasteiger partial charge in [-0.15, -0.1) is 11.3 Å². The van der Waals surface area contributed by atoms with Crippen LogP contribution in [0.5, 0.6) is 0 Å². The number of hydrogen-bond donors (Lipinski definition) is 1. The Bertz CT molecular complexity index is 1460. The molecule has 0 spiro atoms. The van der Waals surface area contributed by atoms with Gasteiger partial charge in [0, 0.05) is 11.3 Å². The maximum Gasteiger partial charge on any atom is 0.283 e. The van der Waals surface area contributed by atoms with E-state index in [2.05, 4.69) is 34.4 Å². The molecular weight excluding hydrogens is 436 g/mol. The van der Waals surface area contributed by atoms with Crippen LogP contribution < -0.4 is 0 Å². The largest absolute Gasteiger partial charge is 0.283 e. The number of carbonyl (C=O) groups is 1. The molecule has 4 aromatic rings. The molecule has 5 nitrogen and oxygen atoms in total. The molecule has 0 radical (unpaired) electrons. The quantitative estimate of drug-likeness (QED) is 0.310. The third kappa shape index (κ3) is 3.18. The predicted molar refractivity (Wildman–Crippen MR) is 134 cm³/mol. The third-order valence-corrected chi connectivity index (χ3v) is 7.29. The van der Waals surface area contributed by atoms with Crippen molar-refractivity contribution in [2.24, 2.45) is 10.1 Å². The Balaban J connectivity index is 1.46. The average Bonchev–Trinajstić information content (AvgIpc) is 3.46. The van der Waals surface area contributed by atoms with E-state index >= 15 is 0 Å². The molecule has 7 heteroatoms. The lowest BCUT2D eigenvalue weighted by Gasteiger charge is -2.20. The van der Waals surface area contributed by atoms with Crippen LogP contribution in [-0.2, 0) is 11.2 Å². The second-order valence-corrected chi connectivity index (χ2v) is 9.58. The van der Waals surface area contributed by atoms with E-state index in [1.165, 1.54) is 21.6 Å². The van der Waals surface area contributed by atoms with E-state index in [1.807, 2.05) is 47.8 Å². The van der Waals surface area contributed by atoms with E-state index < -0.39 is 5.91 Å². The fourth-order valence-corrected chi connectivity index (χ4v) is 5.72. The summed E-state index contributed by atoms with van der Waals surface area (Å²) in [5, 5.41) is 22.4. The van der Waals surface area contributed by atoms with E-state index in [0.29, 0.717) is 11.6 Å². The molecule has 3 heterocycles. The zero-order chi connectivity index (χ0) is 21.7. The Kier molecular flexibility index (Phi) is 4.52. The molecule has 32 heavy (non-hydrogen) atoms. The molecule has 2 aliphatic heterocycles. The van der Waals surface area contributed by atoms with Crippen LogP contribution >= 0.6 is 23.1 Å². The molecule has 0 atom stereocenters. The average molecular weight is 453 g/mol. The molecule has 1 aromatic heterocycles. The SMILES string of the molecule is N=C1C(=Cc2c3ccccc3cc3ccccc23)C(=O)N=C2SC(Cc3cccs3)=NN12. The zero-order valence-corrected chi connectivity index (χ0v) is 18.4. The van der Waals surface area contributed by atoms with Crippen LogP contribution in [0.15, 0.2) is 87.8 Å². The minimum atomic E-state index is -0.404. The molecule has 1 amide bonds. The molecule has 1 N–H and O–H groups in total. The number of rotatable bonds is 3. The molecule has 0 fully saturated rings. The number of thioether (sulfide) groups is 1. The Morgan fingerprint density at radius 3 is 2.38 bits per heavy atom. The van der Waals surface area contributed by atoms with Crippen LogP contribution in [0.25, 0.3) is 27.6 Å². The van der Waals surface area contributed by atoms with Crippen molar-refractivity contribution in [1.29, 1.82) is 5.41 Å². The molecule has 6 rings (SSSR count). The molecule has 0 saturated heterocycles. The van der Waals surface area contributed by atoms with Gasteiger partial charge in [-0.3, -0.25) is 10.2 Å². The van der Waals surface area contributed by atoms with Gasteiger partial charge in [0.05, 0.1) is 5.57 Å². The monoisotopic (exact) mass is 452 g/mol. The number of hydrazone groups is 1. The van der Waals surface area contributed by atoms with E-state index in [4.69, 9.17) is 5.41 Å². The summed E-state index contributed by atoms with van der Waals surface area (Å²) in [5.74, 6) is -0.343. The fourth-order valence-electron chi connectivity index (χ4n) is 4.01. The summed E-state index contributed by atoms with van der Waals surface area (Å²) in [6.45, 7) is 0. The molecule has 0 aliphatic carbocycles. The summed E-state index contributed by atoms with van der Waals surface area (Å²) >= 11 is 3.02. The lowest BCUT2D eigenvalue weighted by Crippen LogP contribution is -2.35. The molecule has 0 saturated carbocycles. The molecular formula is C25H16N4OS2. The second kappa shape index (κ2) is 7.55. The number of amides is 1. The first-order valence-corrected chi connectivity index (χ1v) is 11.8. The highest BCUT2D eigenvalue weighted by Gasteiger charge is 2.35. The van der Waals surface area contributed by atoms with Crippen molar-refractivity contribution < 1.29 is 4.79 Å². The topological polar surface area (TPSA) is 68.9 Å². The van der Waals surface area contributed by atoms with E-state index in [9.17, 15) is 4.79 Å². The Hall–Kier alpha value is -3.55. The molecule has 0 unspecified atom stereocenters. The van der Waals surface area contributed by atoms with Gasteiger partial charge in [0.15, 0.2) is 5.84 Å². The predicted octanol–water partition coefficient (Wildman–Crippen LogP) is 5.92. The Labute approximate surface area is 192 Å². The summed E-state index contributed by atoms with van der Waals surface area (Å²) < 4.78 is 0. The maximum absolute atomic E-state index is 13.0. The number of nitrogens with one attached hydrogen (secondary N) is 1. The minimum absolute atomic E-state index is 0.0608. The lowest BCUT2D eigenvalue weighted by atomic mass is 9.95. The maximum atomic E-state index is 13.0. The number of amidine groups is 2. The number of nitrogens with zero attached hydrogens (tertiary/aromatic N) is 3. The fraction of sp³-hybridized carbons (Fsp3) is 0.0400. The first-order chi connectivity index (χ1) is 15.7. The van der Waals surface area contributed by atoms with Crippen molar-refractivity contribution in [2.45, 2.75) is 6.42 Å². The van der Waals surface area contributed by atoms with Gasteiger partial charge in [0.2, 0.25) is 5.17 Å². The minimum Gasteiger partial charge on any atom is -0.282 e. The third-order valence-electron chi connectivity index (χ3n) is 5.50. The van der Waals surface area contributed by atoms with Gasteiger partial charge in [-0.25, -0.2) is 0 Å². The van der Waals surface area contributed by atoms with Gasteiger partial charge >= 0.3 is 0 Å². The molecule has 154 valence electrons. The highest BCUT2D eigenvalue weighted by Crippen LogP contribution is 2.33. The summed E-state index contributed by atoms with van der Waals surface area (Å²) in [7, 11) is 0. The van der Waals surface area contributed by atoms with Gasteiger partial charge in [0.25, 0.3) is 5.91 Å². The van der Waals surface area contributed by atoms with Crippen molar-refractivity contribution in [3.05, 3.63) is 88.1 Å².